The van der Waals surface area contributed by atoms with Gasteiger partial charge in [-0.25, -0.2) is 4.68 Å². The highest BCUT2D eigenvalue weighted by Gasteiger charge is 2.51. The fourth-order valence-electron chi connectivity index (χ4n) is 2.78. The Hall–Kier alpha value is -2.22. The third kappa shape index (κ3) is 5.19. The Morgan fingerprint density at radius 2 is 1.75 bits per heavy atom. The molecule has 0 saturated carbocycles. The van der Waals surface area contributed by atoms with E-state index in [0.29, 0.717) is 10.1 Å². The first kappa shape index (κ1) is 22.1. The van der Waals surface area contributed by atoms with E-state index in [0.717, 1.165) is 0 Å². The molecule has 0 unspecified atom stereocenters. The number of rotatable bonds is 7. The van der Waals surface area contributed by atoms with Gasteiger partial charge in [0.25, 0.3) is 5.91 Å². The maximum atomic E-state index is 11.8. The second kappa shape index (κ2) is 9.32. The van der Waals surface area contributed by atoms with Gasteiger partial charge in [-0.1, -0.05) is 22.6 Å². The Morgan fingerprint density at radius 1 is 1.14 bits per heavy atom. The number of aromatic nitrogens is 2. The highest BCUT2D eigenvalue weighted by Crippen LogP contribution is 2.35. The van der Waals surface area contributed by atoms with Crippen molar-refractivity contribution in [3.8, 4) is 0 Å². The highest BCUT2D eigenvalue weighted by molar-refractivity contribution is 14.1. The summed E-state index contributed by atoms with van der Waals surface area (Å²) in [6.07, 6.45) is -4.29. The largest absolute Gasteiger partial charge is 0.463 e. The van der Waals surface area contributed by atoms with Gasteiger partial charge in [0.15, 0.2) is 18.4 Å². The van der Waals surface area contributed by atoms with Gasteiger partial charge >= 0.3 is 17.9 Å². The normalized spacial score (nSPS) is 23.9. The number of hydrogen-bond donors (Lipinski definition) is 1. The molecule has 1 fully saturated rings. The van der Waals surface area contributed by atoms with E-state index in [9.17, 15) is 19.2 Å². The molecule has 12 heteroatoms. The van der Waals surface area contributed by atoms with Gasteiger partial charge in [0.2, 0.25) is 0 Å². The molecule has 0 radical (unpaired) electrons. The van der Waals surface area contributed by atoms with Gasteiger partial charge in [0.05, 0.1) is 5.69 Å². The van der Waals surface area contributed by atoms with Crippen molar-refractivity contribution in [3.05, 3.63) is 17.5 Å². The predicted octanol–water partition coefficient (Wildman–Crippen LogP) is 0.241. The number of halogens is 1. The SMILES string of the molecule is CC(=O)OC[C@H]1O[C@@H](n2nc(CI)cc2C(N)=O)[C@H](OC(C)=O)[C@@H]1OC(C)=O. The number of nitrogens with zero attached hydrogens (tertiary/aromatic N) is 2. The lowest BCUT2D eigenvalue weighted by atomic mass is 10.1. The zero-order valence-electron chi connectivity index (χ0n) is 15.4. The van der Waals surface area contributed by atoms with E-state index in [-0.39, 0.29) is 12.3 Å². The molecular weight excluding hydrogens is 489 g/mol. The number of esters is 3. The summed E-state index contributed by atoms with van der Waals surface area (Å²) in [5.41, 5.74) is 6.00. The molecule has 4 atom stereocenters. The van der Waals surface area contributed by atoms with Gasteiger partial charge in [-0.05, 0) is 6.07 Å². The summed E-state index contributed by atoms with van der Waals surface area (Å²) in [5.74, 6) is -2.64. The van der Waals surface area contributed by atoms with Crippen LogP contribution in [0.25, 0.3) is 0 Å². The summed E-state index contributed by atoms with van der Waals surface area (Å²) in [4.78, 5) is 46.2. The number of amides is 1. The Labute approximate surface area is 173 Å². The van der Waals surface area contributed by atoms with E-state index in [1.54, 1.807) is 0 Å². The van der Waals surface area contributed by atoms with Gasteiger partial charge in [-0.15, -0.1) is 0 Å². The van der Waals surface area contributed by atoms with Crippen molar-refractivity contribution < 1.29 is 38.1 Å². The Morgan fingerprint density at radius 3 is 2.25 bits per heavy atom. The van der Waals surface area contributed by atoms with Gasteiger partial charge in [0.1, 0.15) is 18.4 Å². The molecule has 1 aromatic rings. The predicted molar refractivity (Wildman–Crippen MR) is 100 cm³/mol. The number of carbonyl (C=O) groups is 4. The van der Waals surface area contributed by atoms with Crippen LogP contribution in [0.3, 0.4) is 0 Å². The first-order valence-electron chi connectivity index (χ1n) is 8.21. The number of carbonyl (C=O) groups excluding carboxylic acids is 4. The lowest BCUT2D eigenvalue weighted by Crippen LogP contribution is -2.41. The molecule has 1 saturated heterocycles. The zero-order chi connectivity index (χ0) is 21.0. The lowest BCUT2D eigenvalue weighted by Gasteiger charge is -2.23. The number of primary amides is 1. The van der Waals surface area contributed by atoms with E-state index in [1.807, 2.05) is 0 Å². The fourth-order valence-corrected chi connectivity index (χ4v) is 3.15. The Balaban J connectivity index is 2.46. The molecule has 0 aromatic carbocycles. The molecule has 11 nitrogen and oxygen atoms in total. The molecule has 2 N–H and O–H groups in total. The maximum absolute atomic E-state index is 11.8. The van der Waals surface area contributed by atoms with Crippen molar-refractivity contribution in [2.24, 2.45) is 5.73 Å². The molecule has 1 aromatic heterocycles. The van der Waals surface area contributed by atoms with Crippen molar-refractivity contribution in [3.63, 3.8) is 0 Å². The van der Waals surface area contributed by atoms with Crippen molar-refractivity contribution in [1.29, 1.82) is 0 Å². The summed E-state index contributed by atoms with van der Waals surface area (Å²) in [5, 5.41) is 4.28. The molecule has 154 valence electrons. The van der Waals surface area contributed by atoms with Crippen molar-refractivity contribution >= 4 is 46.4 Å². The molecule has 2 rings (SSSR count). The molecule has 0 bridgehead atoms. The average Bonchev–Trinajstić information content (AvgIpc) is 3.15. The average molecular weight is 509 g/mol. The van der Waals surface area contributed by atoms with E-state index >= 15 is 0 Å². The van der Waals surface area contributed by atoms with Crippen LogP contribution in [0.4, 0.5) is 0 Å². The molecule has 1 aliphatic heterocycles. The van der Waals surface area contributed by atoms with Crippen LogP contribution < -0.4 is 5.73 Å². The first-order chi connectivity index (χ1) is 13.1. The molecule has 1 amide bonds. The summed E-state index contributed by atoms with van der Waals surface area (Å²) in [6, 6.07) is 1.49. The standard InChI is InChI=1S/C16H20IN3O8/c1-7(21)25-6-12-13(26-8(2)22)14(27-9(3)23)16(28-12)20-11(15(18)24)4-10(5-17)19-20/h4,12-14,16H,5-6H2,1-3H3,(H2,18,24)/t12-,13-,14-,16-/m1/s1. The quantitative estimate of drug-likeness (QED) is 0.236. The minimum Gasteiger partial charge on any atom is -0.463 e. The van der Waals surface area contributed by atoms with Crippen molar-refractivity contribution in [1.82, 2.24) is 9.78 Å². The van der Waals surface area contributed by atoms with Crippen molar-refractivity contribution in [2.75, 3.05) is 6.61 Å². The third-order valence-corrected chi connectivity index (χ3v) is 4.54. The Bertz CT molecular complexity index is 780. The van der Waals surface area contributed by atoms with E-state index in [2.05, 4.69) is 27.7 Å². The van der Waals surface area contributed by atoms with Crippen LogP contribution in [-0.2, 0) is 37.8 Å². The van der Waals surface area contributed by atoms with Crippen LogP contribution in [-0.4, -0.2) is 58.5 Å². The van der Waals surface area contributed by atoms with Gasteiger partial charge in [0, 0.05) is 25.2 Å². The van der Waals surface area contributed by atoms with Gasteiger partial charge in [-0.2, -0.15) is 5.10 Å². The topological polar surface area (TPSA) is 149 Å². The van der Waals surface area contributed by atoms with E-state index < -0.39 is 48.4 Å². The monoisotopic (exact) mass is 509 g/mol. The number of ether oxygens (including phenoxy) is 4. The number of nitrogens with two attached hydrogens (primary N) is 1. The molecule has 28 heavy (non-hydrogen) atoms. The van der Waals surface area contributed by atoms with Crippen LogP contribution >= 0.6 is 22.6 Å². The van der Waals surface area contributed by atoms with Crippen LogP contribution in [0.15, 0.2) is 6.07 Å². The van der Waals surface area contributed by atoms with Crippen LogP contribution in [0, 0.1) is 0 Å². The summed E-state index contributed by atoms with van der Waals surface area (Å²) < 4.78 is 23.0. The minimum atomic E-state index is -1.14. The molecule has 0 spiro atoms. The Kier molecular flexibility index (Phi) is 7.35. The summed E-state index contributed by atoms with van der Waals surface area (Å²) in [7, 11) is 0. The van der Waals surface area contributed by atoms with Gasteiger partial charge < -0.3 is 24.7 Å². The van der Waals surface area contributed by atoms with Crippen LogP contribution in [0.1, 0.15) is 43.2 Å². The third-order valence-electron chi connectivity index (χ3n) is 3.76. The smallest absolute Gasteiger partial charge is 0.303 e. The number of hydrogen-bond acceptors (Lipinski definition) is 9. The van der Waals surface area contributed by atoms with Crippen LogP contribution in [0.5, 0.6) is 0 Å². The van der Waals surface area contributed by atoms with E-state index in [4.69, 9.17) is 24.7 Å². The second-order valence-corrected chi connectivity index (χ2v) is 6.74. The molecule has 0 aliphatic carbocycles. The van der Waals surface area contributed by atoms with E-state index in [1.165, 1.54) is 31.5 Å². The lowest BCUT2D eigenvalue weighted by molar-refractivity contribution is -0.166. The van der Waals surface area contributed by atoms with Gasteiger partial charge in [-0.3, -0.25) is 19.2 Å². The first-order valence-corrected chi connectivity index (χ1v) is 9.74. The maximum Gasteiger partial charge on any atom is 0.303 e. The fraction of sp³-hybridized carbons (Fsp3) is 0.562. The molecule has 1 aliphatic rings. The summed E-state index contributed by atoms with van der Waals surface area (Å²) >= 11 is 2.06. The summed E-state index contributed by atoms with van der Waals surface area (Å²) in [6.45, 7) is 3.31. The zero-order valence-corrected chi connectivity index (χ0v) is 17.6. The molecular formula is C16H20IN3O8. The van der Waals surface area contributed by atoms with Crippen LogP contribution in [0.2, 0.25) is 0 Å². The minimum absolute atomic E-state index is 0.0310. The molecule has 2 heterocycles. The number of alkyl halides is 1. The van der Waals surface area contributed by atoms with Crippen molar-refractivity contribution in [2.45, 2.75) is 49.7 Å². The highest BCUT2D eigenvalue weighted by atomic mass is 127. The second-order valence-electron chi connectivity index (χ2n) is 5.98.